The number of halogens is 1. The van der Waals surface area contributed by atoms with Crippen LogP contribution < -0.4 is 5.32 Å². The van der Waals surface area contributed by atoms with Crippen molar-refractivity contribution in [3.63, 3.8) is 0 Å². The Morgan fingerprint density at radius 2 is 2.10 bits per heavy atom. The first-order chi connectivity index (χ1) is 9.56. The van der Waals surface area contributed by atoms with E-state index in [2.05, 4.69) is 26.2 Å². The van der Waals surface area contributed by atoms with Gasteiger partial charge in [0.1, 0.15) is 4.60 Å². The Hall–Kier alpha value is -1.43. The summed E-state index contributed by atoms with van der Waals surface area (Å²) in [6.07, 6.45) is 4.45. The highest BCUT2D eigenvalue weighted by atomic mass is 79.9. The van der Waals surface area contributed by atoms with E-state index in [-0.39, 0.29) is 17.9 Å². The van der Waals surface area contributed by atoms with Crippen molar-refractivity contribution in [2.75, 3.05) is 0 Å². The van der Waals surface area contributed by atoms with Crippen molar-refractivity contribution in [2.45, 2.75) is 25.3 Å². The molecule has 3 rings (SSSR count). The van der Waals surface area contributed by atoms with Gasteiger partial charge in [0, 0.05) is 17.8 Å². The highest BCUT2D eigenvalue weighted by molar-refractivity contribution is 9.10. The highest BCUT2D eigenvalue weighted by Crippen LogP contribution is 2.48. The van der Waals surface area contributed by atoms with Gasteiger partial charge in [0.25, 0.3) is 5.91 Å². The number of hydrogen-bond acceptors (Lipinski definition) is 3. The van der Waals surface area contributed by atoms with E-state index in [4.69, 9.17) is 0 Å². The Kier molecular flexibility index (Phi) is 3.50. The van der Waals surface area contributed by atoms with E-state index in [1.165, 1.54) is 0 Å². The van der Waals surface area contributed by atoms with Crippen LogP contribution in [-0.2, 0) is 4.79 Å². The Labute approximate surface area is 124 Å². The molecule has 0 saturated heterocycles. The van der Waals surface area contributed by atoms with Gasteiger partial charge in [-0.2, -0.15) is 0 Å². The fraction of sp³-hybridized carbons (Fsp3) is 0.500. The summed E-state index contributed by atoms with van der Waals surface area (Å²) in [7, 11) is 0. The number of aromatic nitrogens is 1. The molecule has 2 aliphatic rings. The molecule has 6 heteroatoms. The summed E-state index contributed by atoms with van der Waals surface area (Å²) in [5.41, 5.74) is 0.499. The zero-order valence-electron chi connectivity index (χ0n) is 10.8. The van der Waals surface area contributed by atoms with Gasteiger partial charge in [-0.15, -0.1) is 0 Å². The van der Waals surface area contributed by atoms with Gasteiger partial charge in [-0.1, -0.05) is 0 Å². The minimum absolute atomic E-state index is 0.215. The van der Waals surface area contributed by atoms with Crippen LogP contribution in [0.15, 0.2) is 22.9 Å². The molecule has 2 saturated carbocycles. The predicted octanol–water partition coefficient (Wildman–Crippen LogP) is 2.07. The monoisotopic (exact) mass is 338 g/mol. The molecule has 4 unspecified atom stereocenters. The van der Waals surface area contributed by atoms with Gasteiger partial charge in [-0.3, -0.25) is 9.59 Å². The standard InChI is InChI=1S/C14H15BrN2O3/c15-10-6-9(3-4-16-10)13(18)17-12-8-2-1-7(5-8)11(12)14(19)20/h3-4,6-8,11-12H,1-2,5H2,(H,17,18)(H,19,20). The molecule has 0 aliphatic heterocycles. The molecule has 0 aromatic carbocycles. The maximum Gasteiger partial charge on any atom is 0.308 e. The quantitative estimate of drug-likeness (QED) is 0.827. The summed E-state index contributed by atoms with van der Waals surface area (Å²) in [6.45, 7) is 0. The van der Waals surface area contributed by atoms with Crippen molar-refractivity contribution in [1.82, 2.24) is 10.3 Å². The van der Waals surface area contributed by atoms with Gasteiger partial charge in [0.2, 0.25) is 0 Å². The molecule has 0 spiro atoms. The van der Waals surface area contributed by atoms with Crippen molar-refractivity contribution in [3.8, 4) is 0 Å². The average molecular weight is 339 g/mol. The lowest BCUT2D eigenvalue weighted by Crippen LogP contribution is -2.46. The second-order valence-corrected chi connectivity index (χ2v) is 6.38. The predicted molar refractivity (Wildman–Crippen MR) is 75.1 cm³/mol. The fourth-order valence-electron chi connectivity index (χ4n) is 3.63. The summed E-state index contributed by atoms with van der Waals surface area (Å²) < 4.78 is 0.591. The molecule has 106 valence electrons. The lowest BCUT2D eigenvalue weighted by atomic mass is 9.84. The van der Waals surface area contributed by atoms with Crippen LogP contribution in [0.4, 0.5) is 0 Å². The average Bonchev–Trinajstić information content (AvgIpc) is 2.99. The Morgan fingerprint density at radius 1 is 1.35 bits per heavy atom. The summed E-state index contributed by atoms with van der Waals surface area (Å²) in [4.78, 5) is 27.6. The third-order valence-electron chi connectivity index (χ3n) is 4.49. The number of fused-ring (bicyclic) bond motifs is 2. The van der Waals surface area contributed by atoms with Crippen molar-refractivity contribution < 1.29 is 14.7 Å². The Morgan fingerprint density at radius 3 is 2.80 bits per heavy atom. The summed E-state index contributed by atoms with van der Waals surface area (Å²) >= 11 is 3.23. The Bertz CT molecular complexity index is 563. The fourth-order valence-corrected chi connectivity index (χ4v) is 4.00. The number of aliphatic carboxylic acids is 1. The van der Waals surface area contributed by atoms with Gasteiger partial charge in [-0.25, -0.2) is 4.98 Å². The van der Waals surface area contributed by atoms with E-state index >= 15 is 0 Å². The highest BCUT2D eigenvalue weighted by Gasteiger charge is 2.51. The van der Waals surface area contributed by atoms with Gasteiger partial charge in [0.05, 0.1) is 5.92 Å². The van der Waals surface area contributed by atoms with Crippen LogP contribution in [0.2, 0.25) is 0 Å². The molecule has 2 N–H and O–H groups in total. The number of nitrogens with zero attached hydrogens (tertiary/aromatic N) is 1. The first-order valence-corrected chi connectivity index (χ1v) is 7.51. The zero-order chi connectivity index (χ0) is 14.3. The van der Waals surface area contributed by atoms with E-state index in [0.717, 1.165) is 19.3 Å². The topological polar surface area (TPSA) is 79.3 Å². The molecule has 2 fully saturated rings. The van der Waals surface area contributed by atoms with Crippen LogP contribution in [0.1, 0.15) is 29.6 Å². The van der Waals surface area contributed by atoms with E-state index in [0.29, 0.717) is 16.1 Å². The van der Waals surface area contributed by atoms with E-state index in [9.17, 15) is 14.7 Å². The molecule has 20 heavy (non-hydrogen) atoms. The first kappa shape index (κ1) is 13.5. The molecule has 1 aromatic heterocycles. The molecular formula is C14H15BrN2O3. The van der Waals surface area contributed by atoms with Crippen LogP contribution in [-0.4, -0.2) is 28.0 Å². The molecule has 2 aliphatic carbocycles. The lowest BCUT2D eigenvalue weighted by molar-refractivity contribution is -0.144. The number of carboxylic acid groups (broad SMARTS) is 1. The molecule has 1 amide bonds. The van der Waals surface area contributed by atoms with Crippen molar-refractivity contribution in [3.05, 3.63) is 28.5 Å². The third kappa shape index (κ3) is 2.32. The van der Waals surface area contributed by atoms with Gasteiger partial charge < -0.3 is 10.4 Å². The van der Waals surface area contributed by atoms with Crippen LogP contribution in [0.3, 0.4) is 0 Å². The number of pyridine rings is 1. The molecule has 4 atom stereocenters. The molecule has 1 heterocycles. The number of carboxylic acids is 1. The van der Waals surface area contributed by atoms with E-state index < -0.39 is 11.9 Å². The van der Waals surface area contributed by atoms with Crippen molar-refractivity contribution in [1.29, 1.82) is 0 Å². The number of carbonyl (C=O) groups is 2. The number of hydrogen-bond donors (Lipinski definition) is 2. The molecular weight excluding hydrogens is 324 g/mol. The summed E-state index contributed by atoms with van der Waals surface area (Å²) in [5.74, 6) is -0.944. The largest absolute Gasteiger partial charge is 0.481 e. The molecule has 1 aromatic rings. The molecule has 0 radical (unpaired) electrons. The van der Waals surface area contributed by atoms with Crippen LogP contribution in [0, 0.1) is 17.8 Å². The molecule has 2 bridgehead atoms. The number of nitrogens with one attached hydrogen (secondary N) is 1. The van der Waals surface area contributed by atoms with Crippen LogP contribution in [0.5, 0.6) is 0 Å². The number of amides is 1. The third-order valence-corrected chi connectivity index (χ3v) is 4.92. The zero-order valence-corrected chi connectivity index (χ0v) is 12.3. The smallest absolute Gasteiger partial charge is 0.308 e. The minimum Gasteiger partial charge on any atom is -0.481 e. The lowest BCUT2D eigenvalue weighted by Gasteiger charge is -2.28. The Balaban J connectivity index is 1.77. The van der Waals surface area contributed by atoms with Gasteiger partial charge in [0.15, 0.2) is 0 Å². The SMILES string of the molecule is O=C(NC1C2CCC(C2)C1C(=O)O)c1ccnc(Br)c1. The second-order valence-electron chi connectivity index (χ2n) is 5.56. The summed E-state index contributed by atoms with van der Waals surface area (Å²) in [5, 5.41) is 12.3. The van der Waals surface area contributed by atoms with E-state index in [1.54, 1.807) is 18.3 Å². The minimum atomic E-state index is -0.793. The van der Waals surface area contributed by atoms with Crippen molar-refractivity contribution in [2.24, 2.45) is 17.8 Å². The number of carbonyl (C=O) groups excluding carboxylic acids is 1. The molecule has 5 nitrogen and oxygen atoms in total. The number of rotatable bonds is 3. The second kappa shape index (κ2) is 5.16. The van der Waals surface area contributed by atoms with Gasteiger partial charge >= 0.3 is 5.97 Å². The normalized spacial score (nSPS) is 31.2. The maximum atomic E-state index is 12.2. The van der Waals surface area contributed by atoms with Crippen molar-refractivity contribution >= 4 is 27.8 Å². The maximum absolute atomic E-state index is 12.2. The van der Waals surface area contributed by atoms with Gasteiger partial charge in [-0.05, 0) is 59.2 Å². The summed E-state index contributed by atoms with van der Waals surface area (Å²) in [6, 6.07) is 3.02. The van der Waals surface area contributed by atoms with Crippen LogP contribution in [0.25, 0.3) is 0 Å². The first-order valence-electron chi connectivity index (χ1n) is 6.71. The van der Waals surface area contributed by atoms with Crippen LogP contribution >= 0.6 is 15.9 Å². The van der Waals surface area contributed by atoms with E-state index in [1.807, 2.05) is 0 Å².